The van der Waals surface area contributed by atoms with Gasteiger partial charge in [-0.05, 0) is 44.4 Å². The quantitative estimate of drug-likeness (QED) is 0.734. The van der Waals surface area contributed by atoms with Crippen LogP contribution in [0.1, 0.15) is 19.8 Å². The van der Waals surface area contributed by atoms with Gasteiger partial charge in [-0.3, -0.25) is 9.79 Å². The Morgan fingerprint density at radius 2 is 2.21 bits per heavy atom. The molecule has 4 rings (SSSR count). The standard InChI is InChI=1S/C19H24N4O4S/c1-12-8-14-2-6-21-18(17(14)23-19(12)24)22-15-3-5-20-9-16(15)27-10-13-4-7-28(25,26)11-13/h2,6,8,13,15-16,20H,3-5,7,9-11H2,1H3/t13-,15+,16+/m0/s1. The molecule has 2 fully saturated rings. The fourth-order valence-electron chi connectivity index (χ4n) is 3.82. The lowest BCUT2D eigenvalue weighted by molar-refractivity contribution is -0.114. The molecule has 150 valence electrons. The van der Waals surface area contributed by atoms with Crippen molar-refractivity contribution in [1.82, 2.24) is 5.32 Å². The van der Waals surface area contributed by atoms with E-state index < -0.39 is 9.84 Å². The SMILES string of the molecule is CC1=CC2=CC=NC(=N[C@@H]3CCNC[C@H]3OC[C@@H]3CCS(=O)(=O)C3)C2=NC1=O. The van der Waals surface area contributed by atoms with E-state index >= 15 is 0 Å². The number of ether oxygens (including phenoxy) is 1. The van der Waals surface area contributed by atoms with E-state index in [1.165, 1.54) is 0 Å². The first-order chi connectivity index (χ1) is 13.4. The van der Waals surface area contributed by atoms with Crippen LogP contribution in [-0.4, -0.2) is 75.4 Å². The second-order valence-electron chi connectivity index (χ2n) is 7.65. The highest BCUT2D eigenvalue weighted by Crippen LogP contribution is 2.22. The molecule has 4 heterocycles. The Bertz CT molecular complexity index is 930. The second-order valence-corrected chi connectivity index (χ2v) is 9.88. The van der Waals surface area contributed by atoms with Crippen molar-refractivity contribution < 1.29 is 17.9 Å². The molecule has 0 aromatic rings. The average molecular weight is 404 g/mol. The molecule has 0 aliphatic carbocycles. The van der Waals surface area contributed by atoms with Crippen LogP contribution < -0.4 is 5.32 Å². The predicted molar refractivity (Wildman–Crippen MR) is 108 cm³/mol. The molecule has 0 aromatic carbocycles. The number of piperidine rings is 1. The molecule has 8 nitrogen and oxygen atoms in total. The van der Waals surface area contributed by atoms with E-state index in [4.69, 9.17) is 9.73 Å². The number of nitrogens with zero attached hydrogens (tertiary/aromatic N) is 3. The van der Waals surface area contributed by atoms with Gasteiger partial charge in [-0.2, -0.15) is 0 Å². The Kier molecular flexibility index (Phi) is 5.39. The summed E-state index contributed by atoms with van der Waals surface area (Å²) < 4.78 is 29.4. The third kappa shape index (κ3) is 4.21. The Hall–Kier alpha value is -1.97. The number of hydrogen-bond acceptors (Lipinski definition) is 6. The molecule has 0 saturated carbocycles. The summed E-state index contributed by atoms with van der Waals surface area (Å²) >= 11 is 0. The van der Waals surface area contributed by atoms with Gasteiger partial charge in [0.2, 0.25) is 0 Å². The van der Waals surface area contributed by atoms with Gasteiger partial charge >= 0.3 is 0 Å². The Morgan fingerprint density at radius 3 is 3.00 bits per heavy atom. The van der Waals surface area contributed by atoms with Crippen molar-refractivity contribution in [2.45, 2.75) is 31.9 Å². The maximum atomic E-state index is 12.0. The molecular formula is C19H24N4O4S. The molecular weight excluding hydrogens is 380 g/mol. The smallest absolute Gasteiger partial charge is 0.273 e. The fraction of sp³-hybridized carbons (Fsp3) is 0.579. The lowest BCUT2D eigenvalue weighted by atomic mass is 9.99. The fourth-order valence-corrected chi connectivity index (χ4v) is 5.66. The van der Waals surface area contributed by atoms with Gasteiger partial charge in [0, 0.05) is 23.9 Å². The lowest BCUT2D eigenvalue weighted by Crippen LogP contribution is -2.46. The maximum Gasteiger partial charge on any atom is 0.273 e. The number of hydrogen-bond donors (Lipinski definition) is 1. The van der Waals surface area contributed by atoms with E-state index in [1.807, 2.05) is 12.2 Å². The number of dihydropyridines is 2. The first-order valence-corrected chi connectivity index (χ1v) is 11.4. The van der Waals surface area contributed by atoms with Crippen molar-refractivity contribution >= 4 is 33.5 Å². The normalized spacial score (nSPS) is 33.3. The number of nitrogens with one attached hydrogen (secondary N) is 1. The van der Waals surface area contributed by atoms with E-state index in [9.17, 15) is 13.2 Å². The van der Waals surface area contributed by atoms with E-state index in [-0.39, 0.29) is 35.5 Å². The van der Waals surface area contributed by atoms with E-state index in [1.54, 1.807) is 13.1 Å². The number of aliphatic imine (C=N–C) groups is 3. The van der Waals surface area contributed by atoms with E-state index in [2.05, 4.69) is 15.3 Å². The predicted octanol–water partition coefficient (Wildman–Crippen LogP) is 0.505. The van der Waals surface area contributed by atoms with Crippen LogP contribution in [0.15, 0.2) is 38.3 Å². The summed E-state index contributed by atoms with van der Waals surface area (Å²) in [4.78, 5) is 25.3. The summed E-state index contributed by atoms with van der Waals surface area (Å²) in [6.45, 7) is 3.63. The zero-order valence-electron chi connectivity index (χ0n) is 15.8. The number of carbonyl (C=O) groups excluding carboxylic acids is 1. The third-order valence-electron chi connectivity index (χ3n) is 5.41. The van der Waals surface area contributed by atoms with E-state index in [0.29, 0.717) is 36.7 Å². The maximum absolute atomic E-state index is 12.0. The molecule has 4 aliphatic rings. The molecule has 0 radical (unpaired) electrons. The van der Waals surface area contributed by atoms with Crippen LogP contribution >= 0.6 is 0 Å². The first kappa shape index (κ1) is 19.4. The Labute approximate surface area is 164 Å². The van der Waals surface area contributed by atoms with Gasteiger partial charge in [0.25, 0.3) is 5.91 Å². The highest BCUT2D eigenvalue weighted by atomic mass is 32.2. The second kappa shape index (κ2) is 7.81. The number of fused-ring (bicyclic) bond motifs is 1. The van der Waals surface area contributed by atoms with Crippen molar-refractivity contribution in [2.75, 3.05) is 31.2 Å². The first-order valence-electron chi connectivity index (χ1n) is 9.58. The van der Waals surface area contributed by atoms with Gasteiger partial charge < -0.3 is 10.1 Å². The van der Waals surface area contributed by atoms with Crippen molar-refractivity contribution in [3.8, 4) is 0 Å². The largest absolute Gasteiger partial charge is 0.374 e. The van der Waals surface area contributed by atoms with Crippen LogP contribution in [0.4, 0.5) is 0 Å². The van der Waals surface area contributed by atoms with E-state index in [0.717, 1.165) is 18.5 Å². The molecule has 1 N–H and O–H groups in total. The lowest BCUT2D eigenvalue weighted by Gasteiger charge is -2.31. The molecule has 9 heteroatoms. The summed E-state index contributed by atoms with van der Waals surface area (Å²) in [6.07, 6.45) is 6.58. The monoisotopic (exact) mass is 404 g/mol. The zero-order chi connectivity index (χ0) is 19.7. The van der Waals surface area contributed by atoms with Crippen molar-refractivity contribution in [1.29, 1.82) is 0 Å². The number of amidine groups is 1. The van der Waals surface area contributed by atoms with Crippen LogP contribution in [0.2, 0.25) is 0 Å². The van der Waals surface area contributed by atoms with Crippen LogP contribution in [0.3, 0.4) is 0 Å². The molecule has 0 unspecified atom stereocenters. The Balaban J connectivity index is 1.47. The van der Waals surface area contributed by atoms with Gasteiger partial charge in [0.1, 0.15) is 5.71 Å². The average Bonchev–Trinajstić information content (AvgIpc) is 3.01. The number of allylic oxidation sites excluding steroid dienone is 2. The highest BCUT2D eigenvalue weighted by molar-refractivity contribution is 7.91. The van der Waals surface area contributed by atoms with Gasteiger partial charge in [0.05, 0.1) is 30.3 Å². The zero-order valence-corrected chi connectivity index (χ0v) is 16.6. The number of carbonyl (C=O) groups is 1. The molecule has 0 spiro atoms. The van der Waals surface area contributed by atoms with Crippen LogP contribution in [0, 0.1) is 5.92 Å². The molecule has 4 aliphatic heterocycles. The minimum Gasteiger partial charge on any atom is -0.374 e. The van der Waals surface area contributed by atoms with Crippen LogP contribution in [-0.2, 0) is 19.4 Å². The summed E-state index contributed by atoms with van der Waals surface area (Å²) in [5.41, 5.74) is 1.95. The van der Waals surface area contributed by atoms with Crippen molar-refractivity contribution in [2.24, 2.45) is 20.9 Å². The van der Waals surface area contributed by atoms with Gasteiger partial charge in [-0.25, -0.2) is 18.4 Å². The van der Waals surface area contributed by atoms with Gasteiger partial charge in [0.15, 0.2) is 15.7 Å². The summed E-state index contributed by atoms with van der Waals surface area (Å²) in [5, 5.41) is 3.31. The number of sulfone groups is 1. The molecule has 0 bridgehead atoms. The third-order valence-corrected chi connectivity index (χ3v) is 7.25. The molecule has 3 atom stereocenters. The van der Waals surface area contributed by atoms with Crippen molar-refractivity contribution in [3.05, 3.63) is 23.3 Å². The summed E-state index contributed by atoms with van der Waals surface area (Å²) in [5.74, 6) is 0.697. The summed E-state index contributed by atoms with van der Waals surface area (Å²) in [7, 11) is -2.91. The highest BCUT2D eigenvalue weighted by Gasteiger charge is 2.32. The minimum absolute atomic E-state index is 0.0518. The number of rotatable bonds is 4. The number of amides is 1. The van der Waals surface area contributed by atoms with Crippen LogP contribution in [0.5, 0.6) is 0 Å². The van der Waals surface area contributed by atoms with Crippen molar-refractivity contribution in [3.63, 3.8) is 0 Å². The topological polar surface area (TPSA) is 110 Å². The Morgan fingerprint density at radius 1 is 1.36 bits per heavy atom. The minimum atomic E-state index is -2.91. The summed E-state index contributed by atoms with van der Waals surface area (Å²) in [6, 6.07) is -0.115. The molecule has 28 heavy (non-hydrogen) atoms. The molecule has 1 amide bonds. The van der Waals surface area contributed by atoms with Gasteiger partial charge in [-0.15, -0.1) is 0 Å². The molecule has 0 aromatic heterocycles. The molecule has 2 saturated heterocycles. The van der Waals surface area contributed by atoms with Gasteiger partial charge in [-0.1, -0.05) is 0 Å². The van der Waals surface area contributed by atoms with Crippen LogP contribution in [0.25, 0.3) is 0 Å².